The van der Waals surface area contributed by atoms with Crippen LogP contribution in [0.25, 0.3) is 0 Å². The number of rotatable bonds is 5. The van der Waals surface area contributed by atoms with Crippen molar-refractivity contribution in [1.82, 2.24) is 5.32 Å². The number of hydrogen-bond acceptors (Lipinski definition) is 2. The largest absolute Gasteiger partial charge is 0.497 e. The van der Waals surface area contributed by atoms with Gasteiger partial charge in [0.25, 0.3) is 5.91 Å². The summed E-state index contributed by atoms with van der Waals surface area (Å²) in [5, 5.41) is 2.81. The van der Waals surface area contributed by atoms with Gasteiger partial charge in [0.1, 0.15) is 11.6 Å². The lowest BCUT2D eigenvalue weighted by molar-refractivity contribution is 0.0940. The van der Waals surface area contributed by atoms with Gasteiger partial charge in [0, 0.05) is 18.5 Å². The molecule has 0 saturated heterocycles. The molecule has 1 aliphatic carbocycles. The monoisotopic (exact) mass is 299 g/mol. The Morgan fingerprint density at radius 3 is 2.85 bits per heavy atom. The highest BCUT2D eigenvalue weighted by Gasteiger charge is 2.27. The smallest absolute Gasteiger partial charge is 0.254 e. The fraction of sp³-hybridized carbons (Fsp3) is 0.533. The average Bonchev–Trinajstić information content (AvgIpc) is 2.92. The van der Waals surface area contributed by atoms with Gasteiger partial charge in [0.2, 0.25) is 0 Å². The Morgan fingerprint density at radius 2 is 2.20 bits per heavy atom. The second kappa shape index (κ2) is 6.93. The van der Waals surface area contributed by atoms with Crippen molar-refractivity contribution in [3.05, 3.63) is 29.6 Å². The van der Waals surface area contributed by atoms with Crippen molar-refractivity contribution in [3.63, 3.8) is 0 Å². The zero-order chi connectivity index (χ0) is 14.5. The predicted molar refractivity (Wildman–Crippen MR) is 76.8 cm³/mol. The number of benzene rings is 1. The molecule has 5 heteroatoms. The summed E-state index contributed by atoms with van der Waals surface area (Å²) in [4.78, 5) is 12.0. The Labute approximate surface area is 123 Å². The highest BCUT2D eigenvalue weighted by Crippen LogP contribution is 2.32. The van der Waals surface area contributed by atoms with E-state index >= 15 is 0 Å². The Morgan fingerprint density at radius 1 is 1.45 bits per heavy atom. The number of halogens is 2. The van der Waals surface area contributed by atoms with Gasteiger partial charge >= 0.3 is 0 Å². The number of alkyl halides is 1. The van der Waals surface area contributed by atoms with Gasteiger partial charge in [-0.05, 0) is 36.8 Å². The van der Waals surface area contributed by atoms with Crippen LogP contribution in [0.5, 0.6) is 5.75 Å². The van der Waals surface area contributed by atoms with Gasteiger partial charge in [0.05, 0.1) is 12.7 Å². The van der Waals surface area contributed by atoms with E-state index in [0.29, 0.717) is 30.0 Å². The van der Waals surface area contributed by atoms with Gasteiger partial charge in [-0.15, -0.1) is 11.6 Å². The van der Waals surface area contributed by atoms with Crippen molar-refractivity contribution in [2.24, 2.45) is 11.8 Å². The minimum atomic E-state index is -0.567. The quantitative estimate of drug-likeness (QED) is 0.848. The molecule has 0 aliphatic heterocycles. The van der Waals surface area contributed by atoms with Crippen LogP contribution >= 0.6 is 11.6 Å². The van der Waals surface area contributed by atoms with Gasteiger partial charge in [-0.3, -0.25) is 4.79 Å². The topological polar surface area (TPSA) is 38.3 Å². The van der Waals surface area contributed by atoms with Gasteiger partial charge < -0.3 is 10.1 Å². The molecule has 0 radical (unpaired) electrons. The molecule has 2 rings (SSSR count). The van der Waals surface area contributed by atoms with E-state index in [2.05, 4.69) is 5.32 Å². The maximum atomic E-state index is 13.8. The van der Waals surface area contributed by atoms with Crippen molar-refractivity contribution >= 4 is 17.5 Å². The third-order valence-electron chi connectivity index (χ3n) is 3.96. The lowest BCUT2D eigenvalue weighted by atomic mass is 9.98. The maximum absolute atomic E-state index is 13.8. The third kappa shape index (κ3) is 3.42. The van der Waals surface area contributed by atoms with Gasteiger partial charge in [-0.2, -0.15) is 0 Å². The summed E-state index contributed by atoms with van der Waals surface area (Å²) in [6.45, 7) is 0.557. The summed E-state index contributed by atoms with van der Waals surface area (Å²) in [5.74, 6) is 0.928. The van der Waals surface area contributed by atoms with E-state index in [1.54, 1.807) is 6.07 Å². The van der Waals surface area contributed by atoms with Crippen molar-refractivity contribution in [3.8, 4) is 5.75 Å². The summed E-state index contributed by atoms with van der Waals surface area (Å²) in [6, 6.07) is 4.23. The van der Waals surface area contributed by atoms with Gasteiger partial charge in [-0.25, -0.2) is 4.39 Å². The number of carbonyl (C=O) groups is 1. The Kier molecular flexibility index (Phi) is 5.24. The average molecular weight is 300 g/mol. The van der Waals surface area contributed by atoms with Crippen LogP contribution in [-0.2, 0) is 0 Å². The number of methoxy groups -OCH3 is 1. The van der Waals surface area contributed by atoms with E-state index in [9.17, 15) is 9.18 Å². The highest BCUT2D eigenvalue weighted by molar-refractivity contribution is 6.18. The van der Waals surface area contributed by atoms with Crippen molar-refractivity contribution in [2.75, 3.05) is 19.5 Å². The van der Waals surface area contributed by atoms with Crippen molar-refractivity contribution in [1.29, 1.82) is 0 Å². The minimum Gasteiger partial charge on any atom is -0.497 e. The van der Waals surface area contributed by atoms with E-state index < -0.39 is 5.82 Å². The van der Waals surface area contributed by atoms with Crippen LogP contribution in [0.1, 0.15) is 29.6 Å². The Balaban J connectivity index is 1.95. The zero-order valence-corrected chi connectivity index (χ0v) is 12.3. The summed E-state index contributed by atoms with van der Waals surface area (Å²) < 4.78 is 18.7. The molecule has 1 N–H and O–H groups in total. The molecule has 2 unspecified atom stereocenters. The van der Waals surface area contributed by atoms with Crippen molar-refractivity contribution in [2.45, 2.75) is 19.3 Å². The first kappa shape index (κ1) is 15.1. The van der Waals surface area contributed by atoms with Crippen LogP contribution in [0.2, 0.25) is 0 Å². The summed E-state index contributed by atoms with van der Waals surface area (Å²) in [5.41, 5.74) is 0.0474. The number of carbonyl (C=O) groups excluding carboxylic acids is 1. The lowest BCUT2D eigenvalue weighted by Crippen LogP contribution is -2.31. The first-order valence-corrected chi connectivity index (χ1v) is 7.37. The fourth-order valence-electron chi connectivity index (χ4n) is 2.71. The first-order chi connectivity index (χ1) is 9.65. The Hall–Kier alpha value is -1.29. The standard InChI is InChI=1S/C15H19ClFNO2/c1-20-12-5-6-13(14(17)7-12)15(19)18-9-11-4-2-3-10(11)8-16/h5-7,10-11H,2-4,8-9H2,1H3,(H,18,19). The predicted octanol–water partition coefficient (Wildman–Crippen LogP) is 3.22. The van der Waals surface area contributed by atoms with Crippen LogP contribution in [-0.4, -0.2) is 25.4 Å². The van der Waals surface area contributed by atoms with Crippen LogP contribution in [0.4, 0.5) is 4.39 Å². The van der Waals surface area contributed by atoms with E-state index in [-0.39, 0.29) is 11.5 Å². The summed E-state index contributed by atoms with van der Waals surface area (Å²) in [7, 11) is 1.46. The summed E-state index contributed by atoms with van der Waals surface area (Å²) in [6.07, 6.45) is 3.33. The lowest BCUT2D eigenvalue weighted by Gasteiger charge is -2.17. The van der Waals surface area contributed by atoms with Crippen LogP contribution in [0.3, 0.4) is 0 Å². The van der Waals surface area contributed by atoms with Gasteiger partial charge in [0.15, 0.2) is 0 Å². The van der Waals surface area contributed by atoms with Crippen LogP contribution in [0.15, 0.2) is 18.2 Å². The first-order valence-electron chi connectivity index (χ1n) is 6.83. The highest BCUT2D eigenvalue weighted by atomic mass is 35.5. The molecular formula is C15H19ClFNO2. The van der Waals surface area contributed by atoms with E-state index in [1.165, 1.54) is 19.2 Å². The van der Waals surface area contributed by atoms with Crippen LogP contribution in [0, 0.1) is 17.7 Å². The van der Waals surface area contributed by atoms with E-state index in [1.807, 2.05) is 0 Å². The molecule has 0 bridgehead atoms. The molecule has 3 nitrogen and oxygen atoms in total. The zero-order valence-electron chi connectivity index (χ0n) is 11.5. The number of ether oxygens (including phenoxy) is 1. The van der Waals surface area contributed by atoms with E-state index in [0.717, 1.165) is 19.3 Å². The second-order valence-corrected chi connectivity index (χ2v) is 5.47. The number of amides is 1. The molecule has 1 amide bonds. The molecule has 1 saturated carbocycles. The molecule has 20 heavy (non-hydrogen) atoms. The van der Waals surface area contributed by atoms with E-state index in [4.69, 9.17) is 16.3 Å². The number of hydrogen-bond donors (Lipinski definition) is 1. The Bertz CT molecular complexity index is 481. The SMILES string of the molecule is COc1ccc(C(=O)NCC2CCCC2CCl)c(F)c1. The molecule has 1 aromatic rings. The molecule has 1 fully saturated rings. The third-order valence-corrected chi connectivity index (χ3v) is 4.36. The number of nitrogens with one attached hydrogen (secondary N) is 1. The molecule has 0 heterocycles. The molecule has 0 aromatic heterocycles. The maximum Gasteiger partial charge on any atom is 0.254 e. The molecule has 0 spiro atoms. The minimum absolute atomic E-state index is 0.0474. The fourth-order valence-corrected chi connectivity index (χ4v) is 3.12. The molecular weight excluding hydrogens is 281 g/mol. The molecule has 110 valence electrons. The summed E-state index contributed by atoms with van der Waals surface area (Å²) >= 11 is 5.91. The molecule has 1 aromatic carbocycles. The van der Waals surface area contributed by atoms with Gasteiger partial charge in [-0.1, -0.05) is 6.42 Å². The molecule has 1 aliphatic rings. The molecule has 2 atom stereocenters. The van der Waals surface area contributed by atoms with Crippen molar-refractivity contribution < 1.29 is 13.9 Å². The normalized spacial score (nSPS) is 21.8. The second-order valence-electron chi connectivity index (χ2n) is 5.16. The van der Waals surface area contributed by atoms with Crippen LogP contribution < -0.4 is 10.1 Å².